The summed E-state index contributed by atoms with van der Waals surface area (Å²) in [5, 5.41) is 5.65. The van der Waals surface area contributed by atoms with Crippen molar-refractivity contribution in [3.8, 4) is 11.5 Å². The van der Waals surface area contributed by atoms with E-state index >= 15 is 0 Å². The van der Waals surface area contributed by atoms with E-state index in [-0.39, 0.29) is 12.5 Å². The van der Waals surface area contributed by atoms with E-state index in [4.69, 9.17) is 21.1 Å². The fourth-order valence-electron chi connectivity index (χ4n) is 3.00. The molecule has 6 nitrogen and oxygen atoms in total. The Labute approximate surface area is 190 Å². The van der Waals surface area contributed by atoms with Crippen LogP contribution in [0.1, 0.15) is 11.1 Å². The van der Waals surface area contributed by atoms with Gasteiger partial charge in [-0.3, -0.25) is 9.78 Å². The van der Waals surface area contributed by atoms with E-state index in [0.717, 1.165) is 16.5 Å². The van der Waals surface area contributed by atoms with Gasteiger partial charge in [0.2, 0.25) is 0 Å². The molecule has 4 aromatic rings. The van der Waals surface area contributed by atoms with E-state index < -0.39 is 0 Å². The summed E-state index contributed by atoms with van der Waals surface area (Å²) in [6.07, 6.45) is 3.22. The van der Waals surface area contributed by atoms with Crippen LogP contribution in [0, 0.1) is 0 Å². The predicted molar refractivity (Wildman–Crippen MR) is 125 cm³/mol. The molecule has 7 heteroatoms. The van der Waals surface area contributed by atoms with Gasteiger partial charge in [0.25, 0.3) is 5.91 Å². The normalized spacial score (nSPS) is 10.9. The number of nitrogens with one attached hydrogen (secondary N) is 1. The minimum atomic E-state index is -0.381. The number of amides is 1. The Morgan fingerprint density at radius 1 is 0.938 bits per heavy atom. The second kappa shape index (κ2) is 10.4. The summed E-state index contributed by atoms with van der Waals surface area (Å²) in [5.41, 5.74) is 4.91. The molecule has 0 radical (unpaired) electrons. The quantitative estimate of drug-likeness (QED) is 0.306. The first-order valence-electron chi connectivity index (χ1n) is 9.94. The van der Waals surface area contributed by atoms with Crippen LogP contribution in [0.3, 0.4) is 0 Å². The molecule has 0 atom stereocenters. The number of halogens is 1. The topological polar surface area (TPSA) is 72.8 Å². The van der Waals surface area contributed by atoms with Gasteiger partial charge in [-0.15, -0.1) is 0 Å². The zero-order chi connectivity index (χ0) is 22.2. The van der Waals surface area contributed by atoms with E-state index in [0.29, 0.717) is 28.6 Å². The second-order valence-electron chi connectivity index (χ2n) is 6.87. The largest absolute Gasteiger partial charge is 0.488 e. The summed E-state index contributed by atoms with van der Waals surface area (Å²) in [7, 11) is 0. The molecule has 32 heavy (non-hydrogen) atoms. The smallest absolute Gasteiger partial charge is 0.277 e. The highest BCUT2D eigenvalue weighted by atomic mass is 35.5. The van der Waals surface area contributed by atoms with E-state index in [9.17, 15) is 4.79 Å². The number of aromatic nitrogens is 1. The molecule has 0 aliphatic carbocycles. The summed E-state index contributed by atoms with van der Waals surface area (Å²) in [6, 6.07) is 24.3. The molecule has 0 unspecified atom stereocenters. The number of rotatable bonds is 8. The molecular weight excluding hydrogens is 426 g/mol. The van der Waals surface area contributed by atoms with Crippen molar-refractivity contribution < 1.29 is 14.3 Å². The van der Waals surface area contributed by atoms with Crippen molar-refractivity contribution in [2.24, 2.45) is 5.10 Å². The molecule has 1 N–H and O–H groups in total. The molecule has 1 heterocycles. The highest BCUT2D eigenvalue weighted by Crippen LogP contribution is 2.22. The Morgan fingerprint density at radius 3 is 2.59 bits per heavy atom. The highest BCUT2D eigenvalue weighted by Gasteiger charge is 2.06. The molecule has 0 saturated heterocycles. The minimum Gasteiger partial charge on any atom is -0.488 e. The van der Waals surface area contributed by atoms with E-state index in [1.807, 2.05) is 72.8 Å². The standard InChI is InChI=1S/C25H20ClN3O3/c26-21-12-10-18(11-13-21)16-31-22-8-2-1-5-20(22)15-28-29-24(30)17-32-23-9-3-6-19-7-4-14-27-25(19)23/h1-15H,16-17H2,(H,29,30)/b28-15+. The van der Waals surface area contributed by atoms with Gasteiger partial charge in [-0.05, 0) is 42.0 Å². The third-order valence-corrected chi connectivity index (χ3v) is 4.83. The fourth-order valence-corrected chi connectivity index (χ4v) is 3.13. The van der Waals surface area contributed by atoms with Crippen LogP contribution in [0.25, 0.3) is 10.9 Å². The van der Waals surface area contributed by atoms with Crippen LogP contribution in [0.2, 0.25) is 5.02 Å². The maximum Gasteiger partial charge on any atom is 0.277 e. The number of pyridine rings is 1. The second-order valence-corrected chi connectivity index (χ2v) is 7.30. The minimum absolute atomic E-state index is 0.179. The van der Waals surface area contributed by atoms with Crippen LogP contribution in [0.5, 0.6) is 11.5 Å². The molecule has 0 bridgehead atoms. The van der Waals surface area contributed by atoms with Crippen molar-refractivity contribution in [3.63, 3.8) is 0 Å². The first-order valence-corrected chi connectivity index (χ1v) is 10.3. The summed E-state index contributed by atoms with van der Waals surface area (Å²) in [5.74, 6) is 0.815. The SMILES string of the molecule is O=C(COc1cccc2cccnc12)N/N=C/c1ccccc1OCc1ccc(Cl)cc1. The van der Waals surface area contributed by atoms with Crippen molar-refractivity contribution in [2.75, 3.05) is 6.61 Å². The lowest BCUT2D eigenvalue weighted by atomic mass is 10.2. The van der Waals surface area contributed by atoms with Crippen LogP contribution in [0.4, 0.5) is 0 Å². The Kier molecular flexibility index (Phi) is 6.94. The Hall–Kier alpha value is -3.90. The van der Waals surface area contributed by atoms with Crippen LogP contribution in [-0.4, -0.2) is 23.7 Å². The fraction of sp³-hybridized carbons (Fsp3) is 0.0800. The third kappa shape index (κ3) is 5.62. The molecule has 0 aliphatic heterocycles. The first kappa shape index (κ1) is 21.3. The maximum absolute atomic E-state index is 12.2. The van der Waals surface area contributed by atoms with E-state index in [1.54, 1.807) is 12.3 Å². The first-order chi connectivity index (χ1) is 15.7. The molecule has 1 aromatic heterocycles. The molecule has 0 fully saturated rings. The monoisotopic (exact) mass is 445 g/mol. The maximum atomic E-state index is 12.2. The Morgan fingerprint density at radius 2 is 1.72 bits per heavy atom. The molecule has 0 saturated carbocycles. The number of carbonyl (C=O) groups excluding carboxylic acids is 1. The lowest BCUT2D eigenvalue weighted by Gasteiger charge is -2.09. The Bertz CT molecular complexity index is 1240. The number of hydrazone groups is 1. The number of benzene rings is 3. The van der Waals surface area contributed by atoms with Gasteiger partial charge in [0, 0.05) is 22.2 Å². The van der Waals surface area contributed by atoms with Crippen LogP contribution >= 0.6 is 11.6 Å². The average Bonchev–Trinajstić information content (AvgIpc) is 2.83. The summed E-state index contributed by atoms with van der Waals surface area (Å²) >= 11 is 5.92. The van der Waals surface area contributed by atoms with Gasteiger partial charge in [0.05, 0.1) is 6.21 Å². The molecule has 1 amide bonds. The van der Waals surface area contributed by atoms with Crippen LogP contribution < -0.4 is 14.9 Å². The van der Waals surface area contributed by atoms with Gasteiger partial charge in [-0.25, -0.2) is 5.43 Å². The van der Waals surface area contributed by atoms with Crippen molar-refractivity contribution in [3.05, 3.63) is 101 Å². The zero-order valence-corrected chi connectivity index (χ0v) is 17.8. The van der Waals surface area contributed by atoms with Gasteiger partial charge in [0.1, 0.15) is 23.6 Å². The molecule has 0 aliphatic rings. The van der Waals surface area contributed by atoms with Crippen LogP contribution in [0.15, 0.2) is 90.2 Å². The average molecular weight is 446 g/mol. The molecule has 160 valence electrons. The number of ether oxygens (including phenoxy) is 2. The third-order valence-electron chi connectivity index (χ3n) is 4.57. The van der Waals surface area contributed by atoms with Crippen molar-refractivity contribution in [1.82, 2.24) is 10.4 Å². The van der Waals surface area contributed by atoms with Gasteiger partial charge >= 0.3 is 0 Å². The molecular formula is C25H20ClN3O3. The predicted octanol–water partition coefficient (Wildman–Crippen LogP) is 5.00. The molecule has 0 spiro atoms. The number of para-hydroxylation sites is 2. The summed E-state index contributed by atoms with van der Waals surface area (Å²) in [6.45, 7) is 0.211. The molecule has 3 aromatic carbocycles. The van der Waals surface area contributed by atoms with Gasteiger partial charge in [-0.1, -0.05) is 54.1 Å². The molecule has 4 rings (SSSR count). The lowest BCUT2D eigenvalue weighted by molar-refractivity contribution is -0.123. The number of hydrogen-bond acceptors (Lipinski definition) is 5. The highest BCUT2D eigenvalue weighted by molar-refractivity contribution is 6.30. The van der Waals surface area contributed by atoms with E-state index in [1.165, 1.54) is 6.21 Å². The number of fused-ring (bicyclic) bond motifs is 1. The van der Waals surface area contributed by atoms with Gasteiger partial charge in [-0.2, -0.15) is 5.10 Å². The van der Waals surface area contributed by atoms with E-state index in [2.05, 4.69) is 15.5 Å². The van der Waals surface area contributed by atoms with Crippen molar-refractivity contribution in [2.45, 2.75) is 6.61 Å². The number of hydrogen-bond donors (Lipinski definition) is 1. The lowest BCUT2D eigenvalue weighted by Crippen LogP contribution is -2.24. The summed E-state index contributed by atoms with van der Waals surface area (Å²) in [4.78, 5) is 16.5. The Balaban J connectivity index is 1.32. The zero-order valence-electron chi connectivity index (χ0n) is 17.1. The number of carbonyl (C=O) groups is 1. The van der Waals surface area contributed by atoms with Crippen LogP contribution in [-0.2, 0) is 11.4 Å². The summed E-state index contributed by atoms with van der Waals surface area (Å²) < 4.78 is 11.5. The van der Waals surface area contributed by atoms with Crippen molar-refractivity contribution >= 4 is 34.6 Å². The van der Waals surface area contributed by atoms with Crippen molar-refractivity contribution in [1.29, 1.82) is 0 Å². The van der Waals surface area contributed by atoms with Gasteiger partial charge < -0.3 is 9.47 Å². The number of nitrogens with zero attached hydrogens (tertiary/aromatic N) is 2. The van der Waals surface area contributed by atoms with Gasteiger partial charge in [0.15, 0.2) is 6.61 Å².